The van der Waals surface area contributed by atoms with Gasteiger partial charge in [0.1, 0.15) is 5.75 Å². The van der Waals surface area contributed by atoms with Crippen molar-refractivity contribution in [3.05, 3.63) is 24.3 Å². The van der Waals surface area contributed by atoms with Crippen molar-refractivity contribution in [2.24, 2.45) is 5.92 Å². The fourth-order valence-electron chi connectivity index (χ4n) is 2.38. The van der Waals surface area contributed by atoms with Crippen LogP contribution in [0, 0.1) is 5.92 Å². The molecule has 0 saturated heterocycles. The van der Waals surface area contributed by atoms with Gasteiger partial charge in [-0.25, -0.2) is 0 Å². The zero-order valence-corrected chi connectivity index (χ0v) is 11.5. The van der Waals surface area contributed by atoms with Gasteiger partial charge in [-0.2, -0.15) is 0 Å². The zero-order valence-electron chi connectivity index (χ0n) is 10.6. The highest BCUT2D eigenvalue weighted by Gasteiger charge is 2.17. The van der Waals surface area contributed by atoms with Crippen LogP contribution in [0.15, 0.2) is 24.3 Å². The van der Waals surface area contributed by atoms with Gasteiger partial charge in [0.2, 0.25) is 0 Å². The monoisotopic (exact) mass is 267 g/mol. The van der Waals surface area contributed by atoms with Crippen molar-refractivity contribution in [2.75, 3.05) is 23.8 Å². The summed E-state index contributed by atoms with van der Waals surface area (Å²) in [6.07, 6.45) is 5.11. The molecule has 1 aliphatic carbocycles. The lowest BCUT2D eigenvalue weighted by atomic mass is 10.1. The second-order valence-electron chi connectivity index (χ2n) is 4.85. The van der Waals surface area contributed by atoms with Crippen molar-refractivity contribution in [1.29, 1.82) is 0 Å². The van der Waals surface area contributed by atoms with Gasteiger partial charge < -0.3 is 10.5 Å². The highest BCUT2D eigenvalue weighted by molar-refractivity contribution is 7.85. The molecule has 2 rings (SSSR count). The standard InChI is InChI=1S/C14H21NO2S/c15-13-7-3-4-8-14(13)17-9-10-18(16)11-12-5-1-2-6-12/h3-4,7-8,12H,1-2,5-6,9-11,15H2. The Morgan fingerprint density at radius 3 is 2.72 bits per heavy atom. The van der Waals surface area contributed by atoms with Gasteiger partial charge in [-0.05, 0) is 30.9 Å². The quantitative estimate of drug-likeness (QED) is 0.806. The van der Waals surface area contributed by atoms with Crippen LogP contribution in [0.25, 0.3) is 0 Å². The maximum atomic E-state index is 11.9. The van der Waals surface area contributed by atoms with Gasteiger partial charge >= 0.3 is 0 Å². The maximum Gasteiger partial charge on any atom is 0.142 e. The second kappa shape index (κ2) is 6.78. The lowest BCUT2D eigenvalue weighted by Crippen LogP contribution is -2.15. The van der Waals surface area contributed by atoms with E-state index in [1.807, 2.05) is 24.3 Å². The molecule has 0 radical (unpaired) electrons. The van der Waals surface area contributed by atoms with E-state index in [1.54, 1.807) is 0 Å². The fraction of sp³-hybridized carbons (Fsp3) is 0.571. The molecular formula is C14H21NO2S. The molecule has 4 heteroatoms. The van der Waals surface area contributed by atoms with Gasteiger partial charge in [0.05, 0.1) is 18.0 Å². The van der Waals surface area contributed by atoms with E-state index < -0.39 is 10.8 Å². The third-order valence-corrected chi connectivity index (χ3v) is 4.85. The predicted molar refractivity (Wildman–Crippen MR) is 76.2 cm³/mol. The summed E-state index contributed by atoms with van der Waals surface area (Å²) in [5.74, 6) is 2.81. The molecule has 100 valence electrons. The number of hydrogen-bond acceptors (Lipinski definition) is 3. The largest absolute Gasteiger partial charge is 0.490 e. The van der Waals surface area contributed by atoms with Crippen LogP contribution in [0.1, 0.15) is 25.7 Å². The lowest BCUT2D eigenvalue weighted by Gasteiger charge is -2.10. The molecule has 1 saturated carbocycles. The summed E-state index contributed by atoms with van der Waals surface area (Å²) < 4.78 is 17.4. The second-order valence-corrected chi connectivity index (χ2v) is 6.47. The van der Waals surface area contributed by atoms with Crippen LogP contribution >= 0.6 is 0 Å². The molecule has 0 aliphatic heterocycles. The Morgan fingerprint density at radius 2 is 2.00 bits per heavy atom. The average molecular weight is 267 g/mol. The molecular weight excluding hydrogens is 246 g/mol. The molecule has 3 nitrogen and oxygen atoms in total. The number of nitrogen functional groups attached to an aromatic ring is 1. The topological polar surface area (TPSA) is 52.3 Å². The highest BCUT2D eigenvalue weighted by Crippen LogP contribution is 2.25. The molecule has 0 aromatic heterocycles. The van der Waals surface area contributed by atoms with Crippen LogP contribution in [-0.4, -0.2) is 22.3 Å². The SMILES string of the molecule is Nc1ccccc1OCCS(=O)CC1CCCC1. The molecule has 1 aromatic carbocycles. The molecule has 1 aliphatic rings. The number of rotatable bonds is 6. The Bertz CT molecular complexity index is 403. The summed E-state index contributed by atoms with van der Waals surface area (Å²) >= 11 is 0. The molecule has 0 bridgehead atoms. The summed E-state index contributed by atoms with van der Waals surface area (Å²) in [4.78, 5) is 0. The predicted octanol–water partition coefficient (Wildman–Crippen LogP) is 2.59. The summed E-state index contributed by atoms with van der Waals surface area (Å²) in [5.41, 5.74) is 6.41. The third kappa shape index (κ3) is 4.02. The van der Waals surface area contributed by atoms with Crippen molar-refractivity contribution in [2.45, 2.75) is 25.7 Å². The first kappa shape index (κ1) is 13.4. The minimum atomic E-state index is -0.756. The van der Waals surface area contributed by atoms with E-state index in [-0.39, 0.29) is 0 Å². The smallest absolute Gasteiger partial charge is 0.142 e. The Hall–Kier alpha value is -1.03. The van der Waals surface area contributed by atoms with Gasteiger partial charge in [0.15, 0.2) is 0 Å². The molecule has 0 amide bonds. The first-order valence-corrected chi connectivity index (χ1v) is 8.07. The van der Waals surface area contributed by atoms with Crippen LogP contribution in [0.5, 0.6) is 5.75 Å². The van der Waals surface area contributed by atoms with E-state index >= 15 is 0 Å². The van der Waals surface area contributed by atoms with Crippen LogP contribution in [0.4, 0.5) is 5.69 Å². The number of para-hydroxylation sites is 2. The minimum absolute atomic E-state index is 0.480. The Morgan fingerprint density at radius 1 is 1.28 bits per heavy atom. The summed E-state index contributed by atoms with van der Waals surface area (Å²) in [6, 6.07) is 7.42. The van der Waals surface area contributed by atoms with E-state index in [9.17, 15) is 4.21 Å². The van der Waals surface area contributed by atoms with Gasteiger partial charge in [0.25, 0.3) is 0 Å². The van der Waals surface area contributed by atoms with E-state index in [1.165, 1.54) is 25.7 Å². The Kier molecular flexibility index (Phi) is 5.05. The molecule has 0 heterocycles. The maximum absolute atomic E-state index is 11.9. The van der Waals surface area contributed by atoms with E-state index in [2.05, 4.69) is 0 Å². The first-order valence-electron chi connectivity index (χ1n) is 6.58. The number of anilines is 1. The van der Waals surface area contributed by atoms with Crippen molar-refractivity contribution in [3.8, 4) is 5.75 Å². The Labute approximate surface area is 111 Å². The van der Waals surface area contributed by atoms with Gasteiger partial charge in [-0.1, -0.05) is 25.0 Å². The molecule has 1 atom stereocenters. The van der Waals surface area contributed by atoms with Gasteiger partial charge in [0, 0.05) is 16.6 Å². The first-order chi connectivity index (χ1) is 8.75. The van der Waals surface area contributed by atoms with Crippen molar-refractivity contribution >= 4 is 16.5 Å². The zero-order chi connectivity index (χ0) is 12.8. The van der Waals surface area contributed by atoms with E-state index in [0.717, 1.165) is 5.75 Å². The van der Waals surface area contributed by atoms with Crippen LogP contribution in [-0.2, 0) is 10.8 Å². The average Bonchev–Trinajstić information content (AvgIpc) is 2.84. The number of hydrogen-bond donors (Lipinski definition) is 1. The van der Waals surface area contributed by atoms with Gasteiger partial charge in [-0.15, -0.1) is 0 Å². The fourth-order valence-corrected chi connectivity index (χ4v) is 3.67. The normalized spacial score (nSPS) is 17.8. The van der Waals surface area contributed by atoms with Crippen LogP contribution in [0.3, 0.4) is 0 Å². The summed E-state index contributed by atoms with van der Waals surface area (Å²) in [5, 5.41) is 0. The minimum Gasteiger partial charge on any atom is -0.490 e. The van der Waals surface area contributed by atoms with E-state index in [0.29, 0.717) is 29.7 Å². The van der Waals surface area contributed by atoms with E-state index in [4.69, 9.17) is 10.5 Å². The van der Waals surface area contributed by atoms with Crippen LogP contribution < -0.4 is 10.5 Å². The van der Waals surface area contributed by atoms with Gasteiger partial charge in [-0.3, -0.25) is 4.21 Å². The number of ether oxygens (including phenoxy) is 1. The third-order valence-electron chi connectivity index (χ3n) is 3.38. The van der Waals surface area contributed by atoms with Crippen LogP contribution in [0.2, 0.25) is 0 Å². The summed E-state index contributed by atoms with van der Waals surface area (Å²) in [6.45, 7) is 0.480. The van der Waals surface area contributed by atoms with Crippen molar-refractivity contribution < 1.29 is 8.95 Å². The van der Waals surface area contributed by atoms with Crippen molar-refractivity contribution in [1.82, 2.24) is 0 Å². The summed E-state index contributed by atoms with van der Waals surface area (Å²) in [7, 11) is -0.756. The number of nitrogens with two attached hydrogens (primary N) is 1. The molecule has 18 heavy (non-hydrogen) atoms. The Balaban J connectivity index is 1.68. The lowest BCUT2D eigenvalue weighted by molar-refractivity contribution is 0.344. The molecule has 1 aromatic rings. The number of benzene rings is 1. The molecule has 0 spiro atoms. The molecule has 1 fully saturated rings. The van der Waals surface area contributed by atoms with Crippen molar-refractivity contribution in [3.63, 3.8) is 0 Å². The molecule has 1 unspecified atom stereocenters. The molecule has 2 N–H and O–H groups in total. The highest BCUT2D eigenvalue weighted by atomic mass is 32.2.